The van der Waals surface area contributed by atoms with Crippen molar-refractivity contribution in [1.29, 1.82) is 0 Å². The molecule has 0 fully saturated rings. The third kappa shape index (κ3) is 1.36. The molecule has 4 heteroatoms. The number of rotatable bonds is 0. The SMILES string of the molecule is Nc1ccc2c(c1)nc1cc([125I])ccn12. The lowest BCUT2D eigenvalue weighted by Gasteiger charge is -1.95. The van der Waals surface area contributed by atoms with Crippen LogP contribution in [-0.2, 0) is 0 Å². The molecule has 0 aliphatic carbocycles. The van der Waals surface area contributed by atoms with Crippen molar-refractivity contribution in [3.8, 4) is 0 Å². The highest BCUT2D eigenvalue weighted by Gasteiger charge is 2.04. The Bertz CT molecular complexity index is 601. The summed E-state index contributed by atoms with van der Waals surface area (Å²) in [5.41, 5.74) is 9.47. The van der Waals surface area contributed by atoms with Gasteiger partial charge in [-0.2, -0.15) is 0 Å². The minimum Gasteiger partial charge on any atom is -0.399 e. The summed E-state index contributed by atoms with van der Waals surface area (Å²) in [6.45, 7) is 0. The van der Waals surface area contributed by atoms with Crippen LogP contribution in [0, 0.1) is 3.57 Å². The smallest absolute Gasteiger partial charge is 0.138 e. The van der Waals surface area contributed by atoms with Gasteiger partial charge in [0.05, 0.1) is 11.0 Å². The number of benzene rings is 1. The van der Waals surface area contributed by atoms with Crippen molar-refractivity contribution in [2.75, 3.05) is 5.73 Å². The van der Waals surface area contributed by atoms with E-state index in [1.807, 2.05) is 24.4 Å². The highest BCUT2D eigenvalue weighted by atomic mass is 125. The average molecular weight is 307 g/mol. The van der Waals surface area contributed by atoms with Gasteiger partial charge < -0.3 is 5.73 Å². The first-order valence-electron chi connectivity index (χ1n) is 4.57. The molecule has 0 aliphatic rings. The van der Waals surface area contributed by atoms with Gasteiger partial charge in [0, 0.05) is 15.5 Å². The van der Waals surface area contributed by atoms with Crippen LogP contribution in [0.1, 0.15) is 0 Å². The second-order valence-corrected chi connectivity index (χ2v) is 4.68. The second kappa shape index (κ2) is 3.10. The number of nitrogen functional groups attached to an aromatic ring is 1. The largest absolute Gasteiger partial charge is 0.399 e. The van der Waals surface area contributed by atoms with E-state index in [0.717, 1.165) is 22.4 Å². The number of pyridine rings is 1. The van der Waals surface area contributed by atoms with Crippen molar-refractivity contribution >= 4 is 45.0 Å². The molecule has 74 valence electrons. The summed E-state index contributed by atoms with van der Waals surface area (Å²) in [5, 5.41) is 0. The van der Waals surface area contributed by atoms with Gasteiger partial charge in [-0.25, -0.2) is 4.98 Å². The molecule has 0 radical (unpaired) electrons. The van der Waals surface area contributed by atoms with E-state index in [9.17, 15) is 0 Å². The molecule has 0 aliphatic heterocycles. The van der Waals surface area contributed by atoms with Gasteiger partial charge in [-0.15, -0.1) is 0 Å². The first-order chi connectivity index (χ1) is 7.24. The molecule has 2 aromatic heterocycles. The molecule has 0 saturated heterocycles. The first kappa shape index (κ1) is 8.96. The maximum Gasteiger partial charge on any atom is 0.138 e. The van der Waals surface area contributed by atoms with Gasteiger partial charge in [0.2, 0.25) is 0 Å². The summed E-state index contributed by atoms with van der Waals surface area (Å²) in [5.74, 6) is 0. The van der Waals surface area contributed by atoms with Crippen LogP contribution in [0.25, 0.3) is 16.7 Å². The quantitative estimate of drug-likeness (QED) is 0.512. The fourth-order valence-electron chi connectivity index (χ4n) is 1.71. The number of fused-ring (bicyclic) bond motifs is 3. The molecule has 2 heterocycles. The first-order valence-corrected chi connectivity index (χ1v) is 5.65. The lowest BCUT2D eigenvalue weighted by Crippen LogP contribution is -1.85. The van der Waals surface area contributed by atoms with Crippen molar-refractivity contribution in [3.05, 3.63) is 40.1 Å². The van der Waals surface area contributed by atoms with Gasteiger partial charge in [-0.1, -0.05) is 0 Å². The van der Waals surface area contributed by atoms with Crippen molar-refractivity contribution in [2.45, 2.75) is 0 Å². The van der Waals surface area contributed by atoms with Gasteiger partial charge >= 0.3 is 0 Å². The van der Waals surface area contributed by atoms with Crippen LogP contribution in [0.2, 0.25) is 0 Å². The minimum atomic E-state index is 0.751. The third-order valence-electron chi connectivity index (χ3n) is 2.39. The van der Waals surface area contributed by atoms with Crippen molar-refractivity contribution in [2.24, 2.45) is 0 Å². The van der Waals surface area contributed by atoms with E-state index in [0.29, 0.717) is 0 Å². The van der Waals surface area contributed by atoms with Crippen LogP contribution in [0.5, 0.6) is 0 Å². The van der Waals surface area contributed by atoms with Crippen LogP contribution >= 0.6 is 22.6 Å². The molecular formula is C11H8IN3. The summed E-state index contributed by atoms with van der Waals surface area (Å²) in [7, 11) is 0. The normalized spacial score (nSPS) is 11.3. The van der Waals surface area contributed by atoms with Crippen molar-refractivity contribution < 1.29 is 0 Å². The Morgan fingerprint density at radius 3 is 2.93 bits per heavy atom. The fourth-order valence-corrected chi connectivity index (χ4v) is 2.15. The van der Waals surface area contributed by atoms with Crippen molar-refractivity contribution in [1.82, 2.24) is 9.38 Å². The molecule has 1 aromatic carbocycles. The summed E-state index contributed by atoms with van der Waals surface area (Å²) < 4.78 is 3.25. The van der Waals surface area contributed by atoms with E-state index in [1.54, 1.807) is 0 Å². The Labute approximate surface area is 100 Å². The van der Waals surface area contributed by atoms with Gasteiger partial charge in [-0.05, 0) is 52.9 Å². The minimum absolute atomic E-state index is 0.751. The number of halogens is 1. The van der Waals surface area contributed by atoms with Crippen LogP contribution in [0.4, 0.5) is 5.69 Å². The number of hydrogen-bond donors (Lipinski definition) is 1. The predicted octanol–water partition coefficient (Wildman–Crippen LogP) is 2.67. The Morgan fingerprint density at radius 2 is 2.07 bits per heavy atom. The van der Waals surface area contributed by atoms with Crippen LogP contribution in [-0.4, -0.2) is 9.38 Å². The Balaban J connectivity index is 2.51. The molecule has 3 aromatic rings. The summed E-state index contributed by atoms with van der Waals surface area (Å²) in [4.78, 5) is 4.52. The number of nitrogens with two attached hydrogens (primary N) is 1. The highest BCUT2D eigenvalue weighted by Crippen LogP contribution is 2.20. The highest BCUT2D eigenvalue weighted by molar-refractivity contribution is 14.1. The zero-order chi connectivity index (χ0) is 10.4. The van der Waals surface area contributed by atoms with E-state index in [1.165, 1.54) is 3.57 Å². The lowest BCUT2D eigenvalue weighted by molar-refractivity contribution is 1.22. The topological polar surface area (TPSA) is 43.3 Å². The molecule has 15 heavy (non-hydrogen) atoms. The third-order valence-corrected chi connectivity index (χ3v) is 3.06. The van der Waals surface area contributed by atoms with Crippen molar-refractivity contribution in [3.63, 3.8) is 0 Å². The zero-order valence-corrected chi connectivity index (χ0v) is 9.97. The maximum absolute atomic E-state index is 5.72. The molecule has 2 N–H and O–H groups in total. The number of imidazole rings is 1. The van der Waals surface area contributed by atoms with Crippen LogP contribution in [0.15, 0.2) is 36.5 Å². The average Bonchev–Trinajstić information content (AvgIpc) is 2.53. The molecular weight excluding hydrogens is 299 g/mol. The van der Waals surface area contributed by atoms with E-state index in [2.05, 4.69) is 44.1 Å². The Morgan fingerprint density at radius 1 is 1.20 bits per heavy atom. The molecule has 0 bridgehead atoms. The molecule has 0 amide bonds. The number of aromatic nitrogens is 2. The monoisotopic (exact) mass is 307 g/mol. The molecule has 0 atom stereocenters. The second-order valence-electron chi connectivity index (χ2n) is 3.43. The lowest BCUT2D eigenvalue weighted by atomic mass is 10.3. The van der Waals surface area contributed by atoms with Gasteiger partial charge in [0.15, 0.2) is 0 Å². The molecule has 3 rings (SSSR count). The molecule has 3 nitrogen and oxygen atoms in total. The van der Waals surface area contributed by atoms with E-state index < -0.39 is 0 Å². The predicted molar refractivity (Wildman–Crippen MR) is 69.8 cm³/mol. The van der Waals surface area contributed by atoms with E-state index in [-0.39, 0.29) is 0 Å². The molecule has 0 saturated carbocycles. The molecule has 0 spiro atoms. The van der Waals surface area contributed by atoms with E-state index >= 15 is 0 Å². The molecule has 0 unspecified atom stereocenters. The van der Waals surface area contributed by atoms with Gasteiger partial charge in [0.1, 0.15) is 5.65 Å². The Kier molecular flexibility index (Phi) is 1.85. The number of nitrogens with zero attached hydrogens (tertiary/aromatic N) is 2. The summed E-state index contributed by atoms with van der Waals surface area (Å²) >= 11 is 2.28. The number of hydrogen-bond acceptors (Lipinski definition) is 2. The van der Waals surface area contributed by atoms with Gasteiger partial charge in [-0.3, -0.25) is 4.40 Å². The Hall–Kier alpha value is -1.30. The van der Waals surface area contributed by atoms with Crippen LogP contribution in [0.3, 0.4) is 0 Å². The zero-order valence-electron chi connectivity index (χ0n) is 7.81. The van der Waals surface area contributed by atoms with Gasteiger partial charge in [0.25, 0.3) is 0 Å². The summed E-state index contributed by atoms with van der Waals surface area (Å²) in [6.07, 6.45) is 2.03. The number of anilines is 1. The summed E-state index contributed by atoms with van der Waals surface area (Å²) in [6, 6.07) is 9.91. The van der Waals surface area contributed by atoms with Crippen LogP contribution < -0.4 is 5.73 Å². The fraction of sp³-hybridized carbons (Fsp3) is 0. The maximum atomic E-state index is 5.72. The standard InChI is InChI=1S/C11H8IN3/c12-7-3-4-15-10-2-1-8(13)6-9(10)14-11(15)5-7/h1-6H,13H2/i12-2. The van der Waals surface area contributed by atoms with E-state index in [4.69, 9.17) is 5.73 Å².